The summed E-state index contributed by atoms with van der Waals surface area (Å²) >= 11 is 0. The highest BCUT2D eigenvalue weighted by atomic mass is 19.1. The largest absolute Gasteiger partial charge is 0.384 e. The minimum Gasteiger partial charge on any atom is -0.384 e. The number of primary amides is 1. The number of pyridine rings is 1. The molecular weight excluding hydrogens is 361 g/mol. The molecular formula is C19H18FN7O. The van der Waals surface area contributed by atoms with Crippen molar-refractivity contribution < 1.29 is 9.18 Å². The molecule has 0 aliphatic rings. The Kier molecular flexibility index (Phi) is 5.50. The number of nitrogens with zero attached hydrogens (tertiary/aromatic N) is 4. The lowest BCUT2D eigenvalue weighted by molar-refractivity contribution is 0.100. The number of hydrogen-bond donors (Lipinski definition) is 3. The van der Waals surface area contributed by atoms with Crippen molar-refractivity contribution in [1.29, 1.82) is 5.26 Å². The van der Waals surface area contributed by atoms with E-state index >= 15 is 0 Å². The maximum Gasteiger partial charge on any atom is 0.252 e. The number of anilines is 2. The van der Waals surface area contributed by atoms with E-state index in [0.717, 1.165) is 0 Å². The Morgan fingerprint density at radius 2 is 2.04 bits per heavy atom. The van der Waals surface area contributed by atoms with Crippen molar-refractivity contribution in [1.82, 2.24) is 14.8 Å². The second-order valence-corrected chi connectivity index (χ2v) is 6.02. The van der Waals surface area contributed by atoms with Crippen LogP contribution in [0.5, 0.6) is 0 Å². The fourth-order valence-corrected chi connectivity index (χ4v) is 2.78. The number of aryl methyl sites for hydroxylation is 1. The molecule has 9 heteroatoms. The molecule has 0 aliphatic heterocycles. The number of carbonyl (C=O) groups is 1. The van der Waals surface area contributed by atoms with Crippen LogP contribution in [0.3, 0.4) is 0 Å². The number of nitrogens with one attached hydrogen (secondary N) is 1. The van der Waals surface area contributed by atoms with Crippen molar-refractivity contribution in [2.24, 2.45) is 5.73 Å². The molecule has 0 radical (unpaired) electrons. The van der Waals surface area contributed by atoms with E-state index in [1.54, 1.807) is 24.4 Å². The van der Waals surface area contributed by atoms with Crippen LogP contribution < -0.4 is 16.8 Å². The third-order valence-corrected chi connectivity index (χ3v) is 4.17. The van der Waals surface area contributed by atoms with E-state index in [9.17, 15) is 14.4 Å². The first-order chi connectivity index (χ1) is 13.5. The van der Waals surface area contributed by atoms with Crippen molar-refractivity contribution in [3.63, 3.8) is 0 Å². The van der Waals surface area contributed by atoms with Crippen LogP contribution in [0.2, 0.25) is 0 Å². The molecule has 2 aromatic heterocycles. The molecule has 0 aliphatic carbocycles. The van der Waals surface area contributed by atoms with Crippen LogP contribution in [-0.4, -0.2) is 27.2 Å². The van der Waals surface area contributed by atoms with Gasteiger partial charge in [-0.2, -0.15) is 10.4 Å². The minimum absolute atomic E-state index is 0.210. The Morgan fingerprint density at radius 3 is 2.71 bits per heavy atom. The van der Waals surface area contributed by atoms with E-state index in [1.807, 2.05) is 0 Å². The van der Waals surface area contributed by atoms with Crippen LogP contribution in [0.4, 0.5) is 15.9 Å². The normalized spacial score (nSPS) is 10.4. The second kappa shape index (κ2) is 8.18. The van der Waals surface area contributed by atoms with Crippen molar-refractivity contribution in [2.75, 3.05) is 17.6 Å². The van der Waals surface area contributed by atoms with Gasteiger partial charge in [-0.05, 0) is 43.2 Å². The van der Waals surface area contributed by atoms with Gasteiger partial charge in [0.05, 0.1) is 22.6 Å². The van der Waals surface area contributed by atoms with Gasteiger partial charge in [0.1, 0.15) is 23.3 Å². The van der Waals surface area contributed by atoms with Crippen LogP contribution >= 0.6 is 0 Å². The monoisotopic (exact) mass is 379 g/mol. The number of aromatic nitrogens is 3. The number of nitrogens with two attached hydrogens (primary N) is 2. The van der Waals surface area contributed by atoms with Crippen molar-refractivity contribution >= 4 is 17.4 Å². The molecule has 0 bridgehead atoms. The standard InChI is InChI=1S/C19H18FN7O/c20-12-3-5-13(6-4-12)27-18(22)14(10-21)17(26-27)2-1-8-25-16-7-9-24-11-15(16)19(23)28/h3-7,9,11H,1-2,8,22H2,(H2,23,28)(H,24,25). The van der Waals surface area contributed by atoms with E-state index in [2.05, 4.69) is 21.5 Å². The zero-order valence-corrected chi connectivity index (χ0v) is 14.9. The molecule has 142 valence electrons. The predicted octanol–water partition coefficient (Wildman–Crippen LogP) is 2.00. The lowest BCUT2D eigenvalue weighted by atomic mass is 10.1. The zero-order valence-electron chi connectivity index (χ0n) is 14.9. The first-order valence-corrected chi connectivity index (χ1v) is 8.52. The average molecular weight is 379 g/mol. The molecule has 0 saturated carbocycles. The highest BCUT2D eigenvalue weighted by molar-refractivity contribution is 5.98. The van der Waals surface area contributed by atoms with Gasteiger partial charge in [-0.15, -0.1) is 0 Å². The number of hydrogen-bond acceptors (Lipinski definition) is 6. The van der Waals surface area contributed by atoms with Gasteiger partial charge in [0.2, 0.25) is 0 Å². The number of nitrogen functional groups attached to an aromatic ring is 1. The van der Waals surface area contributed by atoms with Gasteiger partial charge in [-0.25, -0.2) is 9.07 Å². The summed E-state index contributed by atoms with van der Waals surface area (Å²) in [7, 11) is 0. The SMILES string of the molecule is N#Cc1c(CCCNc2ccncc2C(N)=O)nn(-c2ccc(F)cc2)c1N. The average Bonchev–Trinajstić information content (AvgIpc) is 3.01. The number of carbonyl (C=O) groups excluding carboxylic acids is 1. The maximum atomic E-state index is 13.1. The van der Waals surface area contributed by atoms with Crippen LogP contribution in [0.25, 0.3) is 5.69 Å². The maximum absolute atomic E-state index is 13.1. The quantitative estimate of drug-likeness (QED) is 0.537. The Morgan fingerprint density at radius 1 is 1.29 bits per heavy atom. The molecule has 1 amide bonds. The first kappa shape index (κ1) is 18.8. The summed E-state index contributed by atoms with van der Waals surface area (Å²) in [6, 6.07) is 9.43. The van der Waals surface area contributed by atoms with E-state index in [0.29, 0.717) is 47.6 Å². The molecule has 3 aromatic rings. The third-order valence-electron chi connectivity index (χ3n) is 4.17. The zero-order chi connectivity index (χ0) is 20.1. The molecule has 0 atom stereocenters. The number of benzene rings is 1. The molecule has 3 rings (SSSR count). The summed E-state index contributed by atoms with van der Waals surface area (Å²) in [4.78, 5) is 15.3. The van der Waals surface area contributed by atoms with Gasteiger partial charge in [0.25, 0.3) is 5.91 Å². The van der Waals surface area contributed by atoms with Crippen LogP contribution in [-0.2, 0) is 6.42 Å². The summed E-state index contributed by atoms with van der Waals surface area (Å²) in [5, 5.41) is 17.0. The molecule has 1 aromatic carbocycles. The van der Waals surface area contributed by atoms with Gasteiger partial charge in [0.15, 0.2) is 0 Å². The predicted molar refractivity (Wildman–Crippen MR) is 102 cm³/mol. The van der Waals surface area contributed by atoms with E-state index in [4.69, 9.17) is 11.5 Å². The van der Waals surface area contributed by atoms with Crippen molar-refractivity contribution in [3.05, 3.63) is 65.4 Å². The lowest BCUT2D eigenvalue weighted by Crippen LogP contribution is -2.15. The van der Waals surface area contributed by atoms with Gasteiger partial charge in [-0.1, -0.05) is 0 Å². The van der Waals surface area contributed by atoms with Crippen molar-refractivity contribution in [2.45, 2.75) is 12.8 Å². The highest BCUT2D eigenvalue weighted by Gasteiger charge is 2.16. The van der Waals surface area contributed by atoms with Crippen LogP contribution in [0.1, 0.15) is 28.0 Å². The summed E-state index contributed by atoms with van der Waals surface area (Å²) in [5.41, 5.74) is 13.7. The molecule has 0 saturated heterocycles. The topological polar surface area (TPSA) is 136 Å². The smallest absolute Gasteiger partial charge is 0.252 e. The van der Waals surface area contributed by atoms with E-state index in [1.165, 1.54) is 23.0 Å². The highest BCUT2D eigenvalue weighted by Crippen LogP contribution is 2.22. The van der Waals surface area contributed by atoms with Crippen LogP contribution in [0.15, 0.2) is 42.7 Å². The molecule has 0 fully saturated rings. The summed E-state index contributed by atoms with van der Waals surface area (Å²) in [6.07, 6.45) is 4.09. The summed E-state index contributed by atoms with van der Waals surface area (Å²) < 4.78 is 14.5. The van der Waals surface area contributed by atoms with E-state index in [-0.39, 0.29) is 11.6 Å². The number of nitriles is 1. The molecule has 0 spiro atoms. The molecule has 0 unspecified atom stereocenters. The Labute approximate surface area is 160 Å². The van der Waals surface area contributed by atoms with Gasteiger partial charge >= 0.3 is 0 Å². The summed E-state index contributed by atoms with van der Waals surface area (Å²) in [6.45, 7) is 0.526. The van der Waals surface area contributed by atoms with E-state index < -0.39 is 5.91 Å². The fourth-order valence-electron chi connectivity index (χ4n) is 2.78. The first-order valence-electron chi connectivity index (χ1n) is 8.52. The summed E-state index contributed by atoms with van der Waals surface area (Å²) in [5.74, 6) is -0.719. The second-order valence-electron chi connectivity index (χ2n) is 6.02. The minimum atomic E-state index is -0.562. The number of amides is 1. The Balaban J connectivity index is 1.70. The van der Waals surface area contributed by atoms with Gasteiger partial charge < -0.3 is 16.8 Å². The number of rotatable bonds is 7. The lowest BCUT2D eigenvalue weighted by Gasteiger charge is -2.08. The third kappa shape index (κ3) is 3.91. The van der Waals surface area contributed by atoms with Crippen molar-refractivity contribution in [3.8, 4) is 11.8 Å². The van der Waals surface area contributed by atoms with Crippen LogP contribution in [0, 0.1) is 17.1 Å². The van der Waals surface area contributed by atoms with Gasteiger partial charge in [-0.3, -0.25) is 9.78 Å². The Bertz CT molecular complexity index is 1040. The Hall–Kier alpha value is -3.93. The molecule has 28 heavy (non-hydrogen) atoms. The van der Waals surface area contributed by atoms with Gasteiger partial charge in [0, 0.05) is 18.9 Å². The number of halogens is 1. The molecule has 8 nitrogen and oxygen atoms in total. The fraction of sp³-hybridized carbons (Fsp3) is 0.158. The molecule has 2 heterocycles. The molecule has 5 N–H and O–H groups in total.